The number of anilines is 3. The van der Waals surface area contributed by atoms with Crippen molar-refractivity contribution in [1.29, 1.82) is 0 Å². The molecule has 0 bridgehead atoms. The van der Waals surface area contributed by atoms with Gasteiger partial charge in [-0.2, -0.15) is 13.2 Å². The minimum absolute atomic E-state index is 0.00315. The Labute approximate surface area is 205 Å². The van der Waals surface area contributed by atoms with Crippen molar-refractivity contribution in [3.63, 3.8) is 0 Å². The van der Waals surface area contributed by atoms with Crippen molar-refractivity contribution in [2.45, 2.75) is 18.4 Å². The molecule has 4 rings (SSSR count). The van der Waals surface area contributed by atoms with Crippen LogP contribution in [0.1, 0.15) is 5.56 Å². The Bertz CT molecular complexity index is 1220. The lowest BCUT2D eigenvalue weighted by Crippen LogP contribution is -2.55. The van der Waals surface area contributed by atoms with Crippen LogP contribution in [0.5, 0.6) is 0 Å². The lowest BCUT2D eigenvalue weighted by molar-refractivity contribution is -0.150. The molecule has 1 aliphatic rings. The number of rotatable bonds is 5. The molecule has 1 aliphatic heterocycles. The summed E-state index contributed by atoms with van der Waals surface area (Å²) in [6.45, 7) is 0.0672. The number of amides is 2. The summed E-state index contributed by atoms with van der Waals surface area (Å²) >= 11 is 1.96. The molecule has 2 amide bonds. The third-order valence-electron chi connectivity index (χ3n) is 5.30. The van der Waals surface area contributed by atoms with Gasteiger partial charge >= 0.3 is 6.18 Å². The van der Waals surface area contributed by atoms with Crippen LogP contribution in [0, 0.1) is 0 Å². The van der Waals surface area contributed by atoms with E-state index < -0.39 is 35.8 Å². The van der Waals surface area contributed by atoms with Crippen LogP contribution >= 0.6 is 22.9 Å². The number of pyridine rings is 1. The van der Waals surface area contributed by atoms with Crippen molar-refractivity contribution in [3.05, 3.63) is 60.3 Å². The average molecular weight is 586 g/mol. The zero-order valence-corrected chi connectivity index (χ0v) is 19.5. The molecule has 2 heterocycles. The molecule has 2 aromatic carbocycles. The lowest BCUT2D eigenvalue weighted by atomic mass is 10.1. The van der Waals surface area contributed by atoms with E-state index in [1.54, 1.807) is 30.5 Å². The number of hydrogen-bond acceptors (Lipinski definition) is 6. The maximum Gasteiger partial charge on any atom is 0.416 e. The second kappa shape index (κ2) is 9.72. The Kier molecular flexibility index (Phi) is 6.91. The van der Waals surface area contributed by atoms with Crippen LogP contribution in [0.2, 0.25) is 0 Å². The normalized spacial score (nSPS) is 17.5. The average Bonchev–Trinajstić information content (AvgIpc) is 2.82. The SMILES string of the molecule is O=C(Nc1ccc2c(NI)nccc2c1)[C@H](O)[C@H]1OCCN(c2ccc(C(F)(F)F)cc2)C1=O. The molecule has 3 N–H and O–H groups in total. The molecule has 0 radical (unpaired) electrons. The van der Waals surface area contributed by atoms with Gasteiger partial charge < -0.3 is 23.6 Å². The van der Waals surface area contributed by atoms with Gasteiger partial charge in [0.05, 0.1) is 35.0 Å². The first-order valence-corrected chi connectivity index (χ1v) is 11.1. The molecule has 34 heavy (non-hydrogen) atoms. The van der Waals surface area contributed by atoms with Crippen molar-refractivity contribution in [1.82, 2.24) is 4.98 Å². The van der Waals surface area contributed by atoms with Crippen LogP contribution in [0.15, 0.2) is 54.7 Å². The predicted octanol–water partition coefficient (Wildman–Crippen LogP) is 3.75. The number of benzene rings is 2. The van der Waals surface area contributed by atoms with E-state index in [0.717, 1.165) is 22.9 Å². The molecular formula is C22H18F3IN4O4. The van der Waals surface area contributed by atoms with Crippen LogP contribution in [-0.4, -0.2) is 47.3 Å². The first-order valence-electron chi connectivity index (χ1n) is 10.0. The molecule has 178 valence electrons. The highest BCUT2D eigenvalue weighted by Crippen LogP contribution is 2.31. The third kappa shape index (κ3) is 4.93. The van der Waals surface area contributed by atoms with Gasteiger partial charge in [0, 0.05) is 29.5 Å². The number of aliphatic hydroxyl groups excluding tert-OH is 1. The van der Waals surface area contributed by atoms with Gasteiger partial charge in [-0.1, -0.05) is 0 Å². The maximum atomic E-state index is 12.9. The molecule has 0 spiro atoms. The highest BCUT2D eigenvalue weighted by atomic mass is 127. The molecular weight excluding hydrogens is 568 g/mol. The fourth-order valence-corrected chi connectivity index (χ4v) is 4.03. The molecule has 12 heteroatoms. The number of morpholine rings is 1. The number of aromatic nitrogens is 1. The molecule has 1 fully saturated rings. The number of carbonyl (C=O) groups is 2. The molecule has 1 aromatic heterocycles. The van der Waals surface area contributed by atoms with Crippen molar-refractivity contribution in [2.24, 2.45) is 0 Å². The molecule has 8 nitrogen and oxygen atoms in total. The van der Waals surface area contributed by atoms with Crippen LogP contribution in [0.3, 0.4) is 0 Å². The van der Waals surface area contributed by atoms with Gasteiger partial charge in [-0.3, -0.25) is 9.59 Å². The number of ether oxygens (including phenoxy) is 1. The molecule has 0 saturated carbocycles. The third-order valence-corrected chi connectivity index (χ3v) is 5.82. The topological polar surface area (TPSA) is 104 Å². The largest absolute Gasteiger partial charge is 0.416 e. The predicted molar refractivity (Wildman–Crippen MR) is 128 cm³/mol. The van der Waals surface area contributed by atoms with E-state index in [-0.39, 0.29) is 18.8 Å². The Morgan fingerprint density at radius 1 is 1.21 bits per heavy atom. The summed E-state index contributed by atoms with van der Waals surface area (Å²) < 4.78 is 46.7. The van der Waals surface area contributed by atoms with Gasteiger partial charge in [0.15, 0.2) is 12.2 Å². The molecule has 2 atom stereocenters. The van der Waals surface area contributed by atoms with E-state index >= 15 is 0 Å². The highest BCUT2D eigenvalue weighted by Gasteiger charge is 2.39. The molecule has 0 unspecified atom stereocenters. The second-order valence-electron chi connectivity index (χ2n) is 7.45. The quantitative estimate of drug-likeness (QED) is 0.311. The van der Waals surface area contributed by atoms with E-state index in [4.69, 9.17) is 4.74 Å². The maximum absolute atomic E-state index is 12.9. The summed E-state index contributed by atoms with van der Waals surface area (Å²) in [6, 6.07) is 10.9. The summed E-state index contributed by atoms with van der Waals surface area (Å²) in [5.74, 6) is -0.926. The summed E-state index contributed by atoms with van der Waals surface area (Å²) in [6.07, 6.45) is -6.23. The fourth-order valence-electron chi connectivity index (χ4n) is 3.60. The number of halogens is 4. The minimum Gasteiger partial charge on any atom is -0.380 e. The van der Waals surface area contributed by atoms with E-state index in [1.807, 2.05) is 22.9 Å². The van der Waals surface area contributed by atoms with Gasteiger partial charge in [0.1, 0.15) is 5.82 Å². The Morgan fingerprint density at radius 2 is 1.94 bits per heavy atom. The zero-order valence-electron chi connectivity index (χ0n) is 17.3. The molecule has 1 saturated heterocycles. The highest BCUT2D eigenvalue weighted by molar-refractivity contribution is 14.1. The summed E-state index contributed by atoms with van der Waals surface area (Å²) in [5, 5.41) is 14.7. The number of hydrogen-bond donors (Lipinski definition) is 3. The van der Waals surface area contributed by atoms with Crippen molar-refractivity contribution >= 4 is 62.6 Å². The van der Waals surface area contributed by atoms with Crippen LogP contribution in [-0.2, 0) is 20.5 Å². The Morgan fingerprint density at radius 3 is 2.62 bits per heavy atom. The van der Waals surface area contributed by atoms with Crippen LogP contribution in [0.4, 0.5) is 30.4 Å². The number of fused-ring (bicyclic) bond motifs is 1. The number of carbonyl (C=O) groups excluding carboxylic acids is 2. The zero-order chi connectivity index (χ0) is 24.5. The number of nitrogens with one attached hydrogen (secondary N) is 2. The number of aliphatic hydroxyl groups is 1. The van der Waals surface area contributed by atoms with Crippen LogP contribution < -0.4 is 13.7 Å². The van der Waals surface area contributed by atoms with Gasteiger partial charge in [0.25, 0.3) is 11.8 Å². The monoisotopic (exact) mass is 586 g/mol. The van der Waals surface area contributed by atoms with Gasteiger partial charge in [-0.05, 0) is 53.9 Å². The first-order chi connectivity index (χ1) is 16.2. The van der Waals surface area contributed by atoms with Gasteiger partial charge in [-0.15, -0.1) is 0 Å². The number of nitrogens with zero attached hydrogens (tertiary/aromatic N) is 2. The fraction of sp³-hybridized carbons (Fsp3) is 0.227. The van der Waals surface area contributed by atoms with Crippen LogP contribution in [0.25, 0.3) is 10.8 Å². The molecule has 3 aromatic rings. The Hall–Kier alpha value is -2.97. The van der Waals surface area contributed by atoms with E-state index in [9.17, 15) is 27.9 Å². The summed E-state index contributed by atoms with van der Waals surface area (Å²) in [7, 11) is 0. The summed E-state index contributed by atoms with van der Waals surface area (Å²) in [5.41, 5.74) is -0.243. The molecule has 0 aliphatic carbocycles. The Balaban J connectivity index is 1.47. The second-order valence-corrected chi connectivity index (χ2v) is 7.99. The smallest absolute Gasteiger partial charge is 0.380 e. The van der Waals surface area contributed by atoms with E-state index in [2.05, 4.69) is 13.8 Å². The van der Waals surface area contributed by atoms with Crippen molar-refractivity contribution in [3.8, 4) is 0 Å². The summed E-state index contributed by atoms with van der Waals surface area (Å²) in [4.78, 5) is 30.9. The van der Waals surface area contributed by atoms with Crippen molar-refractivity contribution in [2.75, 3.05) is 26.9 Å². The van der Waals surface area contributed by atoms with E-state index in [0.29, 0.717) is 11.5 Å². The number of alkyl halides is 3. The van der Waals surface area contributed by atoms with Gasteiger partial charge in [-0.25, -0.2) is 4.98 Å². The van der Waals surface area contributed by atoms with Gasteiger partial charge in [0.2, 0.25) is 0 Å². The lowest BCUT2D eigenvalue weighted by Gasteiger charge is -2.34. The van der Waals surface area contributed by atoms with E-state index in [1.165, 1.54) is 17.0 Å². The first kappa shape index (κ1) is 24.2. The standard InChI is InChI=1S/C22H18F3IN4O4/c23-22(24,25)13-1-4-15(5-2-13)30-9-10-34-18(21(30)33)17(31)20(32)28-14-3-6-16-12(11-14)7-8-27-19(16)29-26/h1-8,11,17-18,31H,9-10H2,(H,27,29)(H,28,32)/t17-,18-/m1/s1. The minimum atomic E-state index is -4.50. The van der Waals surface area contributed by atoms with Crippen molar-refractivity contribution < 1.29 is 32.6 Å².